The number of amides is 1. The number of benzene rings is 2. The molecule has 32 heavy (non-hydrogen) atoms. The van der Waals surface area contributed by atoms with E-state index in [1.807, 2.05) is 30.3 Å². The molecule has 0 radical (unpaired) electrons. The van der Waals surface area contributed by atoms with E-state index < -0.39 is 28.4 Å². The van der Waals surface area contributed by atoms with Crippen molar-refractivity contribution < 1.29 is 22.2 Å². The van der Waals surface area contributed by atoms with Crippen molar-refractivity contribution >= 4 is 33.7 Å². The minimum atomic E-state index is -4.50. The Morgan fingerprint density at radius 2 is 1.78 bits per heavy atom. The minimum Gasteiger partial charge on any atom is -0.321 e. The van der Waals surface area contributed by atoms with E-state index >= 15 is 0 Å². The van der Waals surface area contributed by atoms with Crippen LogP contribution in [0.3, 0.4) is 0 Å². The van der Waals surface area contributed by atoms with Crippen LogP contribution in [-0.4, -0.2) is 26.6 Å². The fourth-order valence-electron chi connectivity index (χ4n) is 3.00. The van der Waals surface area contributed by atoms with Crippen LogP contribution in [0.4, 0.5) is 18.9 Å². The summed E-state index contributed by atoms with van der Waals surface area (Å²) in [4.78, 5) is 15.0. The summed E-state index contributed by atoms with van der Waals surface area (Å²) in [6.07, 6.45) is -2.88. The quantitative estimate of drug-likeness (QED) is 0.382. The van der Waals surface area contributed by atoms with Crippen LogP contribution in [0.2, 0.25) is 0 Å². The number of hydrogen-bond donors (Lipinski definition) is 2. The lowest BCUT2D eigenvalue weighted by atomic mass is 10.2. The number of thiophene rings is 1. The van der Waals surface area contributed by atoms with Gasteiger partial charge in [0, 0.05) is 32.5 Å². The third-order valence-corrected chi connectivity index (χ3v) is 6.67. The first-order valence-corrected chi connectivity index (χ1v) is 11.7. The standard InChI is InChI=1S/C22H16F3N3O2S2/c1-32(30)16-7-2-4-13(10-16)19-8-9-20(31-19)17-12-18(28-27-17)21(29)26-15-6-3-5-14(11-15)22(23,24)25/h2-12H,1H3,(H,26,29)(H,27,28). The van der Waals surface area contributed by atoms with E-state index in [0.717, 1.165) is 32.3 Å². The lowest BCUT2D eigenvalue weighted by molar-refractivity contribution is -0.137. The molecule has 2 aromatic carbocycles. The van der Waals surface area contributed by atoms with E-state index in [4.69, 9.17) is 0 Å². The first-order chi connectivity index (χ1) is 15.2. The van der Waals surface area contributed by atoms with Gasteiger partial charge >= 0.3 is 6.18 Å². The predicted octanol–water partition coefficient (Wildman–Crippen LogP) is 5.81. The number of rotatable bonds is 5. The maximum atomic E-state index is 12.9. The smallest absolute Gasteiger partial charge is 0.321 e. The number of alkyl halides is 3. The summed E-state index contributed by atoms with van der Waals surface area (Å²) in [7, 11) is -1.09. The summed E-state index contributed by atoms with van der Waals surface area (Å²) >= 11 is 1.47. The van der Waals surface area contributed by atoms with Crippen LogP contribution in [0.5, 0.6) is 0 Å². The number of halogens is 3. The topological polar surface area (TPSA) is 74.8 Å². The molecule has 1 atom stereocenters. The Morgan fingerprint density at radius 3 is 2.53 bits per heavy atom. The molecule has 0 saturated carbocycles. The molecule has 0 fully saturated rings. The Balaban J connectivity index is 1.52. The summed E-state index contributed by atoms with van der Waals surface area (Å²) in [6.45, 7) is 0. The number of carbonyl (C=O) groups excluding carboxylic acids is 1. The molecule has 0 saturated heterocycles. The van der Waals surface area contributed by atoms with Crippen LogP contribution in [-0.2, 0) is 17.0 Å². The van der Waals surface area contributed by atoms with Crippen LogP contribution in [0.1, 0.15) is 16.1 Å². The second-order valence-corrected chi connectivity index (χ2v) is 9.31. The van der Waals surface area contributed by atoms with E-state index in [1.165, 1.54) is 29.5 Å². The van der Waals surface area contributed by atoms with Gasteiger partial charge in [-0.25, -0.2) is 0 Å². The third kappa shape index (κ3) is 4.81. The molecule has 0 aliphatic rings. The highest BCUT2D eigenvalue weighted by Gasteiger charge is 2.30. The minimum absolute atomic E-state index is 0.0287. The summed E-state index contributed by atoms with van der Waals surface area (Å²) in [5, 5.41) is 9.21. The van der Waals surface area contributed by atoms with Crippen molar-refractivity contribution in [2.45, 2.75) is 11.1 Å². The fraction of sp³-hybridized carbons (Fsp3) is 0.0909. The molecule has 2 aromatic heterocycles. The Morgan fingerprint density at radius 1 is 1.03 bits per heavy atom. The zero-order valence-electron chi connectivity index (χ0n) is 16.6. The number of nitrogens with one attached hydrogen (secondary N) is 2. The van der Waals surface area contributed by atoms with Crippen molar-refractivity contribution in [3.05, 3.63) is 78.0 Å². The van der Waals surface area contributed by atoms with Gasteiger partial charge in [0.25, 0.3) is 5.91 Å². The van der Waals surface area contributed by atoms with Gasteiger partial charge in [-0.15, -0.1) is 11.3 Å². The number of aromatic nitrogens is 2. The van der Waals surface area contributed by atoms with E-state index in [-0.39, 0.29) is 11.4 Å². The van der Waals surface area contributed by atoms with Crippen LogP contribution in [0.25, 0.3) is 21.0 Å². The van der Waals surface area contributed by atoms with Crippen LogP contribution < -0.4 is 5.32 Å². The maximum absolute atomic E-state index is 12.9. The Kier molecular flexibility index (Phi) is 5.98. The highest BCUT2D eigenvalue weighted by atomic mass is 32.2. The second kappa shape index (κ2) is 8.71. The molecule has 10 heteroatoms. The molecule has 1 amide bonds. The van der Waals surface area contributed by atoms with E-state index in [9.17, 15) is 22.2 Å². The van der Waals surface area contributed by atoms with Gasteiger partial charge in [0.15, 0.2) is 5.69 Å². The highest BCUT2D eigenvalue weighted by molar-refractivity contribution is 7.84. The van der Waals surface area contributed by atoms with E-state index in [0.29, 0.717) is 5.69 Å². The van der Waals surface area contributed by atoms with Gasteiger partial charge in [-0.1, -0.05) is 18.2 Å². The van der Waals surface area contributed by atoms with Crippen LogP contribution in [0, 0.1) is 0 Å². The Labute approximate surface area is 187 Å². The van der Waals surface area contributed by atoms with Crippen molar-refractivity contribution in [3.8, 4) is 21.0 Å². The number of H-pyrrole nitrogens is 1. The number of carbonyl (C=O) groups is 1. The van der Waals surface area contributed by atoms with Gasteiger partial charge in [-0.2, -0.15) is 18.3 Å². The van der Waals surface area contributed by atoms with Gasteiger partial charge in [-0.3, -0.25) is 14.1 Å². The number of aromatic amines is 1. The monoisotopic (exact) mass is 475 g/mol. The van der Waals surface area contributed by atoms with Gasteiger partial charge in [0.1, 0.15) is 0 Å². The zero-order chi connectivity index (χ0) is 22.9. The SMILES string of the molecule is CS(=O)c1cccc(-c2ccc(-c3cc(C(=O)Nc4cccc(C(F)(F)F)c4)n[nH]3)s2)c1. The van der Waals surface area contributed by atoms with Gasteiger partial charge < -0.3 is 5.32 Å². The van der Waals surface area contributed by atoms with Gasteiger partial charge in [0.2, 0.25) is 0 Å². The molecule has 0 aliphatic heterocycles. The molecule has 0 aliphatic carbocycles. The van der Waals surface area contributed by atoms with Crippen molar-refractivity contribution in [2.75, 3.05) is 11.6 Å². The lowest BCUT2D eigenvalue weighted by Crippen LogP contribution is -2.13. The average Bonchev–Trinajstić information content (AvgIpc) is 3.43. The van der Waals surface area contributed by atoms with Crippen molar-refractivity contribution in [1.82, 2.24) is 10.2 Å². The average molecular weight is 476 g/mol. The number of nitrogens with zero attached hydrogens (tertiary/aromatic N) is 1. The van der Waals surface area contributed by atoms with Crippen molar-refractivity contribution in [2.24, 2.45) is 0 Å². The molecule has 0 bridgehead atoms. The zero-order valence-corrected chi connectivity index (χ0v) is 18.2. The molecular formula is C22H16F3N3O2S2. The molecule has 5 nitrogen and oxygen atoms in total. The van der Waals surface area contributed by atoms with Crippen molar-refractivity contribution in [1.29, 1.82) is 0 Å². The number of anilines is 1. The van der Waals surface area contributed by atoms with Gasteiger partial charge in [-0.05, 0) is 54.1 Å². The lowest BCUT2D eigenvalue weighted by Gasteiger charge is -2.09. The first-order valence-electron chi connectivity index (χ1n) is 9.29. The van der Waals surface area contributed by atoms with E-state index in [1.54, 1.807) is 12.3 Å². The Bertz CT molecular complexity index is 1310. The molecule has 2 heterocycles. The number of hydrogen-bond acceptors (Lipinski definition) is 4. The van der Waals surface area contributed by atoms with Crippen LogP contribution in [0.15, 0.2) is 71.6 Å². The van der Waals surface area contributed by atoms with Crippen molar-refractivity contribution in [3.63, 3.8) is 0 Å². The molecule has 2 N–H and O–H groups in total. The normalized spacial score (nSPS) is 12.5. The Hall–Kier alpha value is -3.24. The summed E-state index contributed by atoms with van der Waals surface area (Å²) in [5.74, 6) is -0.623. The first kappa shape index (κ1) is 22.0. The predicted molar refractivity (Wildman–Crippen MR) is 119 cm³/mol. The molecule has 0 spiro atoms. The fourth-order valence-corrected chi connectivity index (χ4v) is 4.53. The molecule has 4 aromatic rings. The summed E-state index contributed by atoms with van der Waals surface area (Å²) in [5.41, 5.74) is 0.762. The molecule has 1 unspecified atom stereocenters. The van der Waals surface area contributed by atoms with Crippen LogP contribution >= 0.6 is 11.3 Å². The highest BCUT2D eigenvalue weighted by Crippen LogP contribution is 2.35. The third-order valence-electron chi connectivity index (χ3n) is 4.58. The second-order valence-electron chi connectivity index (χ2n) is 6.85. The summed E-state index contributed by atoms with van der Waals surface area (Å²) in [6, 6.07) is 17.2. The molecular weight excluding hydrogens is 459 g/mol. The maximum Gasteiger partial charge on any atom is 0.416 e. The molecule has 164 valence electrons. The molecule has 4 rings (SSSR count). The van der Waals surface area contributed by atoms with E-state index in [2.05, 4.69) is 15.5 Å². The van der Waals surface area contributed by atoms with Gasteiger partial charge in [0.05, 0.1) is 16.1 Å². The largest absolute Gasteiger partial charge is 0.416 e. The summed E-state index contributed by atoms with van der Waals surface area (Å²) < 4.78 is 50.3.